The van der Waals surface area contributed by atoms with E-state index in [0.717, 1.165) is 22.0 Å². The molecule has 6 nitrogen and oxygen atoms in total. The molecule has 0 saturated heterocycles. The molecule has 0 bridgehead atoms. The second-order valence-electron chi connectivity index (χ2n) is 7.47. The minimum Gasteiger partial charge on any atom is -0.493 e. The van der Waals surface area contributed by atoms with E-state index in [2.05, 4.69) is 39.9 Å². The van der Waals surface area contributed by atoms with E-state index in [9.17, 15) is 4.79 Å². The topological polar surface area (TPSA) is 65.7 Å². The van der Waals surface area contributed by atoms with Crippen LogP contribution >= 0.6 is 27.3 Å². The third-order valence-electron chi connectivity index (χ3n) is 4.73. The number of methoxy groups -OCH3 is 1. The van der Waals surface area contributed by atoms with Crippen LogP contribution in [0.2, 0.25) is 0 Å². The number of thiazole rings is 1. The summed E-state index contributed by atoms with van der Waals surface area (Å²) in [6, 6.07) is 13.3. The lowest BCUT2D eigenvalue weighted by Crippen LogP contribution is -2.23. The van der Waals surface area contributed by atoms with Crippen molar-refractivity contribution in [3.8, 4) is 22.9 Å². The smallest absolute Gasteiger partial charge is 0.291 e. The van der Waals surface area contributed by atoms with Crippen molar-refractivity contribution in [3.05, 3.63) is 67.4 Å². The summed E-state index contributed by atoms with van der Waals surface area (Å²) in [4.78, 5) is 18.0. The molecule has 2 aromatic carbocycles. The largest absolute Gasteiger partial charge is 0.493 e. The summed E-state index contributed by atoms with van der Waals surface area (Å²) in [5, 5.41) is 4.41. The maximum Gasteiger partial charge on any atom is 0.291 e. The van der Waals surface area contributed by atoms with E-state index in [4.69, 9.17) is 9.47 Å². The van der Waals surface area contributed by atoms with Crippen molar-refractivity contribution >= 4 is 38.3 Å². The van der Waals surface area contributed by atoms with Gasteiger partial charge in [0.25, 0.3) is 5.56 Å². The fourth-order valence-corrected chi connectivity index (χ4v) is 4.41. The molecular weight excluding hydrogens is 478 g/mol. The summed E-state index contributed by atoms with van der Waals surface area (Å²) in [7, 11) is 1.61. The molecule has 4 aromatic rings. The molecule has 8 heteroatoms. The minimum absolute atomic E-state index is 0.193. The molecule has 2 aromatic heterocycles. The predicted molar refractivity (Wildman–Crippen MR) is 127 cm³/mol. The first-order valence-corrected chi connectivity index (χ1v) is 11.5. The summed E-state index contributed by atoms with van der Waals surface area (Å²) in [5.74, 6) is 2.43. The van der Waals surface area contributed by atoms with Gasteiger partial charge < -0.3 is 9.47 Å². The zero-order chi connectivity index (χ0) is 22.0. The maximum atomic E-state index is 12.9. The fraction of sp³-hybridized carbons (Fsp3) is 0.261. The van der Waals surface area contributed by atoms with Gasteiger partial charge in [-0.15, -0.1) is 5.10 Å². The Balaban J connectivity index is 1.65. The van der Waals surface area contributed by atoms with Gasteiger partial charge in [0.1, 0.15) is 0 Å². The number of halogens is 1. The quantitative estimate of drug-likeness (QED) is 0.372. The molecule has 0 saturated carbocycles. The highest BCUT2D eigenvalue weighted by Gasteiger charge is 2.14. The summed E-state index contributed by atoms with van der Waals surface area (Å²) in [5.41, 5.74) is 1.50. The second kappa shape index (κ2) is 9.20. The predicted octanol–water partition coefficient (Wildman–Crippen LogP) is 4.56. The average molecular weight is 500 g/mol. The Bertz CT molecular complexity index is 1330. The van der Waals surface area contributed by atoms with Gasteiger partial charge in [-0.05, 0) is 48.2 Å². The molecule has 0 N–H and O–H groups in total. The molecule has 31 heavy (non-hydrogen) atoms. The molecule has 0 aliphatic rings. The fourth-order valence-electron chi connectivity index (χ4n) is 3.04. The molecule has 0 spiro atoms. The standard InChI is InChI=1S/C23H22BrN3O3S/c1-14(2)10-11-30-18-9-8-15(12-19(18)29-3)13-20-22(28)27-23(31-20)25-21(26-27)16-6-4-5-7-17(16)24/h4-9,12-14H,10-11H2,1-3H3/b20-13-. The molecule has 0 aliphatic carbocycles. The van der Waals surface area contributed by atoms with Crippen LogP contribution < -0.4 is 19.6 Å². The van der Waals surface area contributed by atoms with E-state index < -0.39 is 0 Å². The van der Waals surface area contributed by atoms with Gasteiger partial charge in [-0.3, -0.25) is 4.79 Å². The van der Waals surface area contributed by atoms with Gasteiger partial charge >= 0.3 is 0 Å². The summed E-state index contributed by atoms with van der Waals surface area (Å²) >= 11 is 4.81. The van der Waals surface area contributed by atoms with Crippen molar-refractivity contribution in [2.75, 3.05) is 13.7 Å². The van der Waals surface area contributed by atoms with Crippen LogP contribution in [0.3, 0.4) is 0 Å². The Hall–Kier alpha value is -2.71. The van der Waals surface area contributed by atoms with E-state index in [1.807, 2.05) is 48.5 Å². The number of rotatable bonds is 7. The molecule has 0 aliphatic heterocycles. The molecule has 4 rings (SSSR count). The first-order valence-electron chi connectivity index (χ1n) is 9.93. The lowest BCUT2D eigenvalue weighted by Gasteiger charge is -2.12. The number of hydrogen-bond acceptors (Lipinski definition) is 6. The SMILES string of the molecule is COc1cc(/C=c2\sc3nc(-c4ccccc4Br)nn3c2=O)ccc1OCCC(C)C. The van der Waals surface area contributed by atoms with Crippen LogP contribution in [0.5, 0.6) is 11.5 Å². The average Bonchev–Trinajstić information content (AvgIpc) is 3.28. The van der Waals surface area contributed by atoms with Gasteiger partial charge in [-0.25, -0.2) is 0 Å². The van der Waals surface area contributed by atoms with Crippen LogP contribution in [-0.2, 0) is 0 Å². The highest BCUT2D eigenvalue weighted by atomic mass is 79.9. The van der Waals surface area contributed by atoms with Gasteiger partial charge in [-0.1, -0.05) is 59.3 Å². The Morgan fingerprint density at radius 2 is 2.00 bits per heavy atom. The zero-order valence-corrected chi connectivity index (χ0v) is 19.9. The van der Waals surface area contributed by atoms with Crippen molar-refractivity contribution in [2.45, 2.75) is 20.3 Å². The molecule has 160 valence electrons. The molecule has 0 amide bonds. The third kappa shape index (κ3) is 4.65. The van der Waals surface area contributed by atoms with Crippen molar-refractivity contribution in [2.24, 2.45) is 5.92 Å². The van der Waals surface area contributed by atoms with Crippen LogP contribution in [0.4, 0.5) is 0 Å². The monoisotopic (exact) mass is 499 g/mol. The van der Waals surface area contributed by atoms with Gasteiger partial charge in [0.15, 0.2) is 17.3 Å². The molecule has 0 radical (unpaired) electrons. The molecule has 0 unspecified atom stereocenters. The lowest BCUT2D eigenvalue weighted by molar-refractivity contribution is 0.273. The number of ether oxygens (including phenoxy) is 2. The van der Waals surface area contributed by atoms with Crippen LogP contribution in [0.15, 0.2) is 51.7 Å². The third-order valence-corrected chi connectivity index (χ3v) is 6.39. The van der Waals surface area contributed by atoms with E-state index >= 15 is 0 Å². The normalized spacial score (nSPS) is 12.1. The Kier molecular flexibility index (Phi) is 6.38. The molecular formula is C23H22BrN3O3S. The van der Waals surface area contributed by atoms with Gasteiger partial charge in [0, 0.05) is 10.0 Å². The first kappa shape index (κ1) is 21.5. The van der Waals surface area contributed by atoms with Crippen molar-refractivity contribution in [1.29, 1.82) is 0 Å². The summed E-state index contributed by atoms with van der Waals surface area (Å²) in [6.45, 7) is 4.95. The Morgan fingerprint density at radius 3 is 2.71 bits per heavy atom. The van der Waals surface area contributed by atoms with Crippen LogP contribution in [0.25, 0.3) is 22.4 Å². The van der Waals surface area contributed by atoms with Gasteiger partial charge in [0.05, 0.1) is 18.2 Å². The Morgan fingerprint density at radius 1 is 1.19 bits per heavy atom. The summed E-state index contributed by atoms with van der Waals surface area (Å²) < 4.78 is 14.1. The van der Waals surface area contributed by atoms with Crippen molar-refractivity contribution in [3.63, 3.8) is 0 Å². The number of hydrogen-bond donors (Lipinski definition) is 0. The number of benzene rings is 2. The molecule has 2 heterocycles. The van der Waals surface area contributed by atoms with E-state index in [0.29, 0.717) is 39.3 Å². The maximum absolute atomic E-state index is 12.9. The highest BCUT2D eigenvalue weighted by Crippen LogP contribution is 2.29. The Labute approximate surface area is 192 Å². The number of aromatic nitrogens is 3. The molecule has 0 fully saturated rings. The zero-order valence-electron chi connectivity index (χ0n) is 17.5. The number of fused-ring (bicyclic) bond motifs is 1. The van der Waals surface area contributed by atoms with Crippen LogP contribution in [0.1, 0.15) is 25.8 Å². The van der Waals surface area contributed by atoms with Crippen molar-refractivity contribution in [1.82, 2.24) is 14.6 Å². The minimum atomic E-state index is -0.193. The lowest BCUT2D eigenvalue weighted by atomic mass is 10.1. The van der Waals surface area contributed by atoms with E-state index in [-0.39, 0.29) is 5.56 Å². The van der Waals surface area contributed by atoms with E-state index in [1.54, 1.807) is 7.11 Å². The summed E-state index contributed by atoms with van der Waals surface area (Å²) in [6.07, 6.45) is 2.79. The van der Waals surface area contributed by atoms with Crippen LogP contribution in [0, 0.1) is 5.92 Å². The number of nitrogens with zero attached hydrogens (tertiary/aromatic N) is 3. The van der Waals surface area contributed by atoms with Crippen molar-refractivity contribution < 1.29 is 9.47 Å². The molecule has 0 atom stereocenters. The highest BCUT2D eigenvalue weighted by molar-refractivity contribution is 9.10. The first-order chi connectivity index (χ1) is 15.0. The van der Waals surface area contributed by atoms with E-state index in [1.165, 1.54) is 15.9 Å². The van der Waals surface area contributed by atoms with Gasteiger partial charge in [0.2, 0.25) is 4.96 Å². The second-order valence-corrected chi connectivity index (χ2v) is 9.33. The van der Waals surface area contributed by atoms with Crippen LogP contribution in [-0.4, -0.2) is 28.3 Å². The van der Waals surface area contributed by atoms with Gasteiger partial charge in [-0.2, -0.15) is 9.50 Å².